The third-order valence-corrected chi connectivity index (χ3v) is 4.04. The highest BCUT2D eigenvalue weighted by molar-refractivity contribution is 9.10. The van der Waals surface area contributed by atoms with Gasteiger partial charge in [0.15, 0.2) is 5.65 Å². The molecule has 1 aliphatic heterocycles. The molecular weight excluding hydrogens is 292 g/mol. The van der Waals surface area contributed by atoms with Gasteiger partial charge in [0.2, 0.25) is 0 Å². The van der Waals surface area contributed by atoms with Crippen molar-refractivity contribution >= 4 is 27.1 Å². The Kier molecular flexibility index (Phi) is 3.35. The van der Waals surface area contributed by atoms with Crippen molar-refractivity contribution in [1.82, 2.24) is 19.9 Å². The second-order valence-electron chi connectivity index (χ2n) is 4.98. The van der Waals surface area contributed by atoms with Crippen LogP contribution in [0.5, 0.6) is 0 Å². The lowest BCUT2D eigenvalue weighted by atomic mass is 9.99. The van der Waals surface area contributed by atoms with Crippen LogP contribution in [0.25, 0.3) is 11.2 Å². The molecule has 0 saturated carbocycles. The third-order valence-electron chi connectivity index (χ3n) is 3.60. The van der Waals surface area contributed by atoms with E-state index in [1.165, 1.54) is 12.8 Å². The Hall–Kier alpha value is -0.940. The van der Waals surface area contributed by atoms with Crippen LogP contribution in [0.15, 0.2) is 16.7 Å². The average molecular weight is 309 g/mol. The van der Waals surface area contributed by atoms with E-state index < -0.39 is 0 Å². The van der Waals surface area contributed by atoms with E-state index in [4.69, 9.17) is 0 Å². The van der Waals surface area contributed by atoms with Gasteiger partial charge >= 0.3 is 0 Å². The van der Waals surface area contributed by atoms with Crippen LogP contribution >= 0.6 is 15.9 Å². The summed E-state index contributed by atoms with van der Waals surface area (Å²) in [6, 6.07) is 2.11. The molecule has 96 valence electrons. The summed E-state index contributed by atoms with van der Waals surface area (Å²) >= 11 is 3.49. The van der Waals surface area contributed by atoms with E-state index in [0.29, 0.717) is 5.92 Å². The van der Waals surface area contributed by atoms with Gasteiger partial charge in [-0.1, -0.05) is 0 Å². The maximum Gasteiger partial charge on any atom is 0.177 e. The van der Waals surface area contributed by atoms with E-state index in [0.717, 1.165) is 41.1 Å². The summed E-state index contributed by atoms with van der Waals surface area (Å²) in [6.07, 6.45) is 4.38. The lowest BCUT2D eigenvalue weighted by molar-refractivity contribution is 0.338. The van der Waals surface area contributed by atoms with Gasteiger partial charge in [-0.05, 0) is 60.8 Å². The van der Waals surface area contributed by atoms with Gasteiger partial charge in [-0.2, -0.15) is 0 Å². The van der Waals surface area contributed by atoms with Crippen LogP contribution in [-0.4, -0.2) is 27.6 Å². The predicted molar refractivity (Wildman–Crippen MR) is 75.6 cm³/mol. The Bertz CT molecular complexity index is 557. The van der Waals surface area contributed by atoms with Crippen LogP contribution in [0.4, 0.5) is 0 Å². The van der Waals surface area contributed by atoms with Gasteiger partial charge in [-0.15, -0.1) is 0 Å². The van der Waals surface area contributed by atoms with E-state index in [1.54, 1.807) is 6.20 Å². The van der Waals surface area contributed by atoms with Crippen LogP contribution in [0, 0.1) is 12.8 Å². The van der Waals surface area contributed by atoms with Crippen molar-refractivity contribution in [2.45, 2.75) is 26.3 Å². The number of hydrogen-bond acceptors (Lipinski definition) is 3. The van der Waals surface area contributed by atoms with Gasteiger partial charge in [-0.25, -0.2) is 9.97 Å². The number of hydrogen-bond donors (Lipinski definition) is 1. The Labute approximate surface area is 115 Å². The minimum absolute atomic E-state index is 0.703. The van der Waals surface area contributed by atoms with Crippen molar-refractivity contribution in [1.29, 1.82) is 0 Å². The van der Waals surface area contributed by atoms with Crippen LogP contribution in [0.3, 0.4) is 0 Å². The normalized spacial score (nSPS) is 20.4. The van der Waals surface area contributed by atoms with Gasteiger partial charge in [-0.3, -0.25) is 0 Å². The van der Waals surface area contributed by atoms with Gasteiger partial charge < -0.3 is 9.88 Å². The van der Waals surface area contributed by atoms with Crippen LogP contribution in [0.1, 0.15) is 18.7 Å². The zero-order valence-corrected chi connectivity index (χ0v) is 12.1. The number of aromatic nitrogens is 3. The fraction of sp³-hybridized carbons (Fsp3) is 0.538. The maximum absolute atomic E-state index is 4.53. The van der Waals surface area contributed by atoms with E-state index >= 15 is 0 Å². The number of piperidine rings is 1. The smallest absolute Gasteiger partial charge is 0.177 e. The SMILES string of the molecule is Cc1nc2ncc(Br)cc2n1C[C@@H]1CCCNC1. The fourth-order valence-corrected chi connectivity index (χ4v) is 2.98. The molecule has 0 unspecified atom stereocenters. The zero-order chi connectivity index (χ0) is 12.5. The van der Waals surface area contributed by atoms with Gasteiger partial charge in [0.05, 0.1) is 5.52 Å². The second-order valence-corrected chi connectivity index (χ2v) is 5.89. The Morgan fingerprint density at radius 3 is 3.22 bits per heavy atom. The highest BCUT2D eigenvalue weighted by Gasteiger charge is 2.17. The molecule has 3 rings (SSSR count). The van der Waals surface area contributed by atoms with E-state index in [2.05, 4.69) is 48.8 Å². The molecule has 1 saturated heterocycles. The zero-order valence-electron chi connectivity index (χ0n) is 10.5. The third kappa shape index (κ3) is 2.29. The standard InChI is InChI=1S/C13H17BrN4/c1-9-17-13-12(5-11(14)7-16-13)18(9)8-10-3-2-4-15-6-10/h5,7,10,15H,2-4,6,8H2,1H3/t10-/m1/s1. The summed E-state index contributed by atoms with van der Waals surface area (Å²) < 4.78 is 3.31. The molecule has 2 aromatic rings. The van der Waals surface area contributed by atoms with Gasteiger partial charge in [0, 0.05) is 17.2 Å². The lowest BCUT2D eigenvalue weighted by Crippen LogP contribution is -2.32. The van der Waals surface area contributed by atoms with Gasteiger partial charge in [0.25, 0.3) is 0 Å². The summed E-state index contributed by atoms with van der Waals surface area (Å²) in [5, 5.41) is 3.47. The molecule has 1 N–H and O–H groups in total. The van der Waals surface area contributed by atoms with Crippen molar-refractivity contribution in [3.8, 4) is 0 Å². The number of nitrogens with zero attached hydrogens (tertiary/aromatic N) is 3. The average Bonchev–Trinajstić information content (AvgIpc) is 2.67. The molecule has 1 aliphatic rings. The highest BCUT2D eigenvalue weighted by Crippen LogP contribution is 2.21. The molecule has 4 nitrogen and oxygen atoms in total. The van der Waals surface area contributed by atoms with Gasteiger partial charge in [0.1, 0.15) is 5.82 Å². The first-order valence-electron chi connectivity index (χ1n) is 6.43. The number of imidazole rings is 1. The Morgan fingerprint density at radius 2 is 2.44 bits per heavy atom. The van der Waals surface area contributed by atoms with Crippen LogP contribution in [-0.2, 0) is 6.54 Å². The molecule has 5 heteroatoms. The molecule has 0 aliphatic carbocycles. The maximum atomic E-state index is 4.53. The molecule has 18 heavy (non-hydrogen) atoms. The van der Waals surface area contributed by atoms with Crippen LogP contribution in [0.2, 0.25) is 0 Å². The van der Waals surface area contributed by atoms with Crippen molar-refractivity contribution in [3.63, 3.8) is 0 Å². The highest BCUT2D eigenvalue weighted by atomic mass is 79.9. The molecule has 3 heterocycles. The predicted octanol–water partition coefficient (Wildman–Crippen LogP) is 2.50. The molecule has 1 fully saturated rings. The summed E-state index contributed by atoms with van der Waals surface area (Å²) in [7, 11) is 0. The van der Waals surface area contributed by atoms with E-state index in [-0.39, 0.29) is 0 Å². The summed E-state index contributed by atoms with van der Waals surface area (Å²) in [4.78, 5) is 8.89. The van der Waals surface area contributed by atoms with E-state index in [1.807, 2.05) is 0 Å². The first-order valence-corrected chi connectivity index (χ1v) is 7.22. The summed E-state index contributed by atoms with van der Waals surface area (Å²) in [5.41, 5.74) is 1.98. The summed E-state index contributed by atoms with van der Waals surface area (Å²) in [5.74, 6) is 1.76. The number of fused-ring (bicyclic) bond motifs is 1. The number of aryl methyl sites for hydroxylation is 1. The molecule has 0 spiro atoms. The first-order chi connectivity index (χ1) is 8.74. The lowest BCUT2D eigenvalue weighted by Gasteiger charge is -2.23. The monoisotopic (exact) mass is 308 g/mol. The molecular formula is C13H17BrN4. The number of rotatable bonds is 2. The quantitative estimate of drug-likeness (QED) is 0.927. The second kappa shape index (κ2) is 4.97. The molecule has 0 bridgehead atoms. The van der Waals surface area contributed by atoms with Crippen molar-refractivity contribution in [2.75, 3.05) is 13.1 Å². The Balaban J connectivity index is 1.94. The number of halogens is 1. The molecule has 1 atom stereocenters. The molecule has 2 aromatic heterocycles. The minimum atomic E-state index is 0.703. The largest absolute Gasteiger partial charge is 0.326 e. The first kappa shape index (κ1) is 12.1. The number of nitrogens with one attached hydrogen (secondary N) is 1. The van der Waals surface area contributed by atoms with E-state index in [9.17, 15) is 0 Å². The fourth-order valence-electron chi connectivity index (χ4n) is 2.66. The molecule has 0 aromatic carbocycles. The molecule has 0 radical (unpaired) electrons. The van der Waals surface area contributed by atoms with Crippen molar-refractivity contribution in [2.24, 2.45) is 5.92 Å². The van der Waals surface area contributed by atoms with Crippen LogP contribution < -0.4 is 5.32 Å². The van der Waals surface area contributed by atoms with Crippen molar-refractivity contribution < 1.29 is 0 Å². The molecule has 0 amide bonds. The minimum Gasteiger partial charge on any atom is -0.326 e. The van der Waals surface area contributed by atoms with Crippen molar-refractivity contribution in [3.05, 3.63) is 22.6 Å². The Morgan fingerprint density at radius 1 is 1.56 bits per heavy atom. The number of pyridine rings is 1. The topological polar surface area (TPSA) is 42.7 Å². The summed E-state index contributed by atoms with van der Waals surface area (Å²) in [6.45, 7) is 5.37.